The minimum absolute atomic E-state index is 0.0575. The zero-order valence-electron chi connectivity index (χ0n) is 22.3. The number of rotatable bonds is 9. The average Bonchev–Trinajstić information content (AvgIpc) is 2.92. The van der Waals surface area contributed by atoms with Gasteiger partial charge in [0.25, 0.3) is 0 Å². The predicted octanol–water partition coefficient (Wildman–Crippen LogP) is 1.76. The highest BCUT2D eigenvalue weighted by Gasteiger charge is 2.37. The first-order valence-electron chi connectivity index (χ1n) is 13.7. The third-order valence-electron chi connectivity index (χ3n) is 8.17. The SMILES string of the molecule is CN1CCN(S(=O)(=O)CC2C=CC(c3ccc(CCC(C#N)NC(=O)C4(N)CCOCC4)cc3)CC2)CC1. The number of piperazine rings is 1. The van der Waals surface area contributed by atoms with Gasteiger partial charge in [-0.05, 0) is 62.6 Å². The first-order chi connectivity index (χ1) is 18.2. The number of likely N-dealkylation sites (N-methyl/N-ethyl adjacent to an activating group) is 1. The van der Waals surface area contributed by atoms with E-state index in [1.807, 2.05) is 7.05 Å². The van der Waals surface area contributed by atoms with Gasteiger partial charge in [0.2, 0.25) is 15.9 Å². The van der Waals surface area contributed by atoms with Crippen molar-refractivity contribution in [2.75, 3.05) is 52.2 Å². The summed E-state index contributed by atoms with van der Waals surface area (Å²) in [7, 11) is -1.21. The molecule has 2 fully saturated rings. The number of hydrogen-bond acceptors (Lipinski definition) is 7. The van der Waals surface area contributed by atoms with Gasteiger partial charge in [-0.15, -0.1) is 0 Å². The molecule has 4 rings (SSSR count). The molecule has 208 valence electrons. The Morgan fingerprint density at radius 1 is 1.16 bits per heavy atom. The fraction of sp³-hybridized carbons (Fsp3) is 0.643. The quantitative estimate of drug-likeness (QED) is 0.454. The second-order valence-electron chi connectivity index (χ2n) is 11.0. The molecule has 2 saturated heterocycles. The minimum Gasteiger partial charge on any atom is -0.381 e. The number of nitrogens with one attached hydrogen (secondary N) is 1. The molecule has 1 aliphatic carbocycles. The van der Waals surface area contributed by atoms with Gasteiger partial charge in [0.1, 0.15) is 6.04 Å². The van der Waals surface area contributed by atoms with E-state index in [-0.39, 0.29) is 23.5 Å². The molecule has 9 nitrogen and oxygen atoms in total. The van der Waals surface area contributed by atoms with Crippen LogP contribution in [0.2, 0.25) is 0 Å². The molecule has 3 atom stereocenters. The average molecular weight is 544 g/mol. The van der Waals surface area contributed by atoms with Crippen LogP contribution in [-0.2, 0) is 26.0 Å². The maximum atomic E-state index is 12.9. The Labute approximate surface area is 227 Å². The van der Waals surface area contributed by atoms with Crippen molar-refractivity contribution in [3.05, 3.63) is 47.5 Å². The molecule has 2 heterocycles. The van der Waals surface area contributed by atoms with E-state index in [1.54, 1.807) is 4.31 Å². The molecule has 0 saturated carbocycles. The maximum absolute atomic E-state index is 12.9. The highest BCUT2D eigenvalue weighted by molar-refractivity contribution is 7.89. The van der Waals surface area contributed by atoms with Crippen molar-refractivity contribution < 1.29 is 17.9 Å². The topological polar surface area (TPSA) is 129 Å². The van der Waals surface area contributed by atoms with Gasteiger partial charge >= 0.3 is 0 Å². The van der Waals surface area contributed by atoms with Crippen LogP contribution in [0.25, 0.3) is 0 Å². The van der Waals surface area contributed by atoms with E-state index in [0.29, 0.717) is 52.0 Å². The van der Waals surface area contributed by atoms with E-state index in [1.165, 1.54) is 5.56 Å². The lowest BCUT2D eigenvalue weighted by molar-refractivity contribution is -0.130. The molecule has 3 N–H and O–H groups in total. The van der Waals surface area contributed by atoms with E-state index in [0.717, 1.165) is 31.5 Å². The highest BCUT2D eigenvalue weighted by atomic mass is 32.2. The first-order valence-corrected chi connectivity index (χ1v) is 15.3. The Kier molecular flexibility index (Phi) is 9.60. The third kappa shape index (κ3) is 7.42. The Morgan fingerprint density at radius 3 is 2.45 bits per heavy atom. The number of nitrogens with zero attached hydrogens (tertiary/aromatic N) is 3. The highest BCUT2D eigenvalue weighted by Crippen LogP contribution is 2.32. The van der Waals surface area contributed by atoms with Crippen LogP contribution in [0.15, 0.2) is 36.4 Å². The largest absolute Gasteiger partial charge is 0.381 e. The van der Waals surface area contributed by atoms with Crippen LogP contribution in [0.5, 0.6) is 0 Å². The van der Waals surface area contributed by atoms with E-state index in [9.17, 15) is 18.5 Å². The summed E-state index contributed by atoms with van der Waals surface area (Å²) in [4.78, 5) is 14.8. The van der Waals surface area contributed by atoms with E-state index < -0.39 is 21.6 Å². The van der Waals surface area contributed by atoms with E-state index >= 15 is 0 Å². The molecular formula is C28H41N5O4S. The summed E-state index contributed by atoms with van der Waals surface area (Å²) in [6.45, 7) is 3.64. The third-order valence-corrected chi connectivity index (χ3v) is 10.2. The Bertz CT molecular complexity index is 1120. The molecule has 3 aliphatic rings. The summed E-state index contributed by atoms with van der Waals surface area (Å²) >= 11 is 0. The van der Waals surface area contributed by atoms with Crippen molar-refractivity contribution in [1.82, 2.24) is 14.5 Å². The second-order valence-corrected chi connectivity index (χ2v) is 13.0. The number of nitriles is 1. The number of carbonyl (C=O) groups is 1. The lowest BCUT2D eigenvalue weighted by atomic mass is 9.85. The summed E-state index contributed by atoms with van der Waals surface area (Å²) in [6, 6.07) is 9.98. The molecule has 3 unspecified atom stereocenters. The number of allylic oxidation sites excluding steroid dienone is 2. The number of carbonyl (C=O) groups excluding carboxylic acids is 1. The lowest BCUT2D eigenvalue weighted by Gasteiger charge is -2.33. The Morgan fingerprint density at radius 2 is 1.84 bits per heavy atom. The number of hydrogen-bond donors (Lipinski definition) is 2. The molecule has 1 aromatic rings. The molecule has 0 bridgehead atoms. The van der Waals surface area contributed by atoms with E-state index in [2.05, 4.69) is 52.7 Å². The molecule has 10 heteroatoms. The van der Waals surface area contributed by atoms with Crippen molar-refractivity contribution in [1.29, 1.82) is 5.26 Å². The fourth-order valence-corrected chi connectivity index (χ4v) is 7.16. The summed E-state index contributed by atoms with van der Waals surface area (Å²) in [5, 5.41) is 12.4. The van der Waals surface area contributed by atoms with Gasteiger partial charge in [0, 0.05) is 45.3 Å². The molecule has 0 aromatic heterocycles. The van der Waals surface area contributed by atoms with Crippen LogP contribution in [0.1, 0.15) is 49.1 Å². The van der Waals surface area contributed by atoms with Gasteiger partial charge in [-0.25, -0.2) is 8.42 Å². The van der Waals surface area contributed by atoms with Gasteiger partial charge in [-0.3, -0.25) is 4.79 Å². The van der Waals surface area contributed by atoms with Crippen molar-refractivity contribution >= 4 is 15.9 Å². The molecule has 2 aliphatic heterocycles. The van der Waals surface area contributed by atoms with Crippen molar-refractivity contribution in [2.24, 2.45) is 11.7 Å². The summed E-state index contributed by atoms with van der Waals surface area (Å²) in [5.41, 5.74) is 7.59. The first kappa shape index (κ1) is 28.7. The molecule has 1 aromatic carbocycles. The monoisotopic (exact) mass is 543 g/mol. The van der Waals surface area contributed by atoms with Crippen molar-refractivity contribution in [3.63, 3.8) is 0 Å². The normalized spacial score (nSPS) is 25.4. The summed E-state index contributed by atoms with van der Waals surface area (Å²) < 4.78 is 32.7. The summed E-state index contributed by atoms with van der Waals surface area (Å²) in [5.74, 6) is 0.246. The molecule has 0 spiro atoms. The van der Waals surface area contributed by atoms with Crippen molar-refractivity contribution in [3.8, 4) is 6.07 Å². The Hall–Kier alpha value is -2.29. The van der Waals surface area contributed by atoms with Crippen molar-refractivity contribution in [2.45, 2.75) is 56.0 Å². The Balaban J connectivity index is 1.25. The number of sulfonamides is 1. The molecule has 1 amide bonds. The zero-order chi connectivity index (χ0) is 27.2. The van der Waals surface area contributed by atoms with Crippen LogP contribution in [-0.4, -0.2) is 87.3 Å². The smallest absolute Gasteiger partial charge is 0.241 e. The maximum Gasteiger partial charge on any atom is 0.241 e. The van der Waals surface area contributed by atoms with Gasteiger partial charge < -0.3 is 20.7 Å². The molecule has 38 heavy (non-hydrogen) atoms. The molecule has 0 radical (unpaired) electrons. The van der Waals surface area contributed by atoms with Crippen LogP contribution in [0.4, 0.5) is 0 Å². The van der Waals surface area contributed by atoms with Gasteiger partial charge in [0.05, 0.1) is 17.4 Å². The van der Waals surface area contributed by atoms with Gasteiger partial charge in [0.15, 0.2) is 0 Å². The van der Waals surface area contributed by atoms with Crippen LogP contribution < -0.4 is 11.1 Å². The number of benzene rings is 1. The summed E-state index contributed by atoms with van der Waals surface area (Å²) in [6.07, 6.45) is 8.12. The number of ether oxygens (including phenoxy) is 1. The van der Waals surface area contributed by atoms with Crippen LogP contribution in [0.3, 0.4) is 0 Å². The van der Waals surface area contributed by atoms with Crippen LogP contribution in [0, 0.1) is 17.2 Å². The van der Waals surface area contributed by atoms with Crippen LogP contribution >= 0.6 is 0 Å². The predicted molar refractivity (Wildman–Crippen MR) is 147 cm³/mol. The van der Waals surface area contributed by atoms with Gasteiger partial charge in [-0.1, -0.05) is 36.4 Å². The zero-order valence-corrected chi connectivity index (χ0v) is 23.2. The second kappa shape index (κ2) is 12.7. The fourth-order valence-electron chi connectivity index (χ4n) is 5.41. The number of nitrogens with two attached hydrogens (primary N) is 1. The lowest BCUT2D eigenvalue weighted by Crippen LogP contribution is -2.58. The minimum atomic E-state index is -3.23. The van der Waals surface area contributed by atoms with E-state index in [4.69, 9.17) is 10.5 Å². The number of aryl methyl sites for hydroxylation is 1. The molecular weight excluding hydrogens is 502 g/mol. The standard InChI is InChI=1S/C28H41N5O4S/c1-32-14-16-33(17-15-32)38(35,36)21-23-4-9-25(10-5-23)24-7-2-22(3-8-24)6-11-26(20-29)31-27(34)28(30)12-18-37-19-13-28/h2-4,7-9,23,25-26H,5-6,10-19,21,30H2,1H3,(H,31,34). The van der Waals surface area contributed by atoms with Gasteiger partial charge in [-0.2, -0.15) is 9.57 Å². The number of amides is 1.